The van der Waals surface area contributed by atoms with E-state index in [9.17, 15) is 13.2 Å². The van der Waals surface area contributed by atoms with Gasteiger partial charge in [0.25, 0.3) is 0 Å². The first-order valence-electron chi connectivity index (χ1n) is 5.08. The number of aromatic nitrogens is 2. The minimum absolute atomic E-state index is 0.172. The highest BCUT2D eigenvalue weighted by Gasteiger charge is 2.32. The van der Waals surface area contributed by atoms with E-state index in [1.54, 1.807) is 0 Å². The number of rotatable bonds is 3. The molecule has 1 N–H and O–H groups in total. The summed E-state index contributed by atoms with van der Waals surface area (Å²) in [7, 11) is 0. The summed E-state index contributed by atoms with van der Waals surface area (Å²) in [5.41, 5.74) is 0.943. The van der Waals surface area contributed by atoms with Crippen LogP contribution < -0.4 is 4.74 Å². The molecule has 0 atom stereocenters. The Morgan fingerprint density at radius 2 is 2.11 bits per heavy atom. The van der Waals surface area contributed by atoms with E-state index in [1.165, 1.54) is 29.2 Å². The Bertz CT molecular complexity index is 584. The van der Waals surface area contributed by atoms with Gasteiger partial charge in [-0.2, -0.15) is 0 Å². The molecule has 1 aromatic heterocycles. The zero-order chi connectivity index (χ0) is 14.0. The molecule has 0 fully saturated rings. The first-order chi connectivity index (χ1) is 8.89. The van der Waals surface area contributed by atoms with E-state index in [0.717, 1.165) is 6.07 Å². The average Bonchev–Trinajstić information content (AvgIpc) is 2.79. The van der Waals surface area contributed by atoms with Crippen molar-refractivity contribution < 1.29 is 23.0 Å². The first kappa shape index (κ1) is 13.7. The maximum atomic E-state index is 12.1. The lowest BCUT2D eigenvalue weighted by Gasteiger charge is -2.11. The van der Waals surface area contributed by atoms with Crippen LogP contribution in [0.25, 0.3) is 5.69 Å². The van der Waals surface area contributed by atoms with Crippen molar-refractivity contribution in [3.8, 4) is 11.4 Å². The molecular formula is C11H8ClF3N2O2. The Kier molecular flexibility index (Phi) is 3.68. The van der Waals surface area contributed by atoms with Crippen LogP contribution >= 0.6 is 11.6 Å². The summed E-state index contributed by atoms with van der Waals surface area (Å²) >= 11 is 5.72. The highest BCUT2D eigenvalue weighted by Crippen LogP contribution is 2.31. The average molecular weight is 293 g/mol. The fourth-order valence-electron chi connectivity index (χ4n) is 1.44. The van der Waals surface area contributed by atoms with Crippen LogP contribution in [0.15, 0.2) is 30.7 Å². The number of ether oxygens (including phenoxy) is 1. The fraction of sp³-hybridized carbons (Fsp3) is 0.182. The largest absolute Gasteiger partial charge is 0.573 e. The Labute approximate surface area is 111 Å². The van der Waals surface area contributed by atoms with Gasteiger partial charge in [0.2, 0.25) is 0 Å². The first-order valence-corrected chi connectivity index (χ1v) is 5.46. The van der Waals surface area contributed by atoms with Crippen molar-refractivity contribution >= 4 is 11.6 Å². The number of aliphatic hydroxyl groups is 1. The van der Waals surface area contributed by atoms with E-state index in [2.05, 4.69) is 9.72 Å². The monoisotopic (exact) mass is 292 g/mol. The lowest BCUT2D eigenvalue weighted by atomic mass is 10.3. The zero-order valence-corrected chi connectivity index (χ0v) is 10.1. The topological polar surface area (TPSA) is 47.3 Å². The molecule has 8 heteroatoms. The van der Waals surface area contributed by atoms with Crippen LogP contribution in [-0.4, -0.2) is 21.0 Å². The molecule has 0 unspecified atom stereocenters. The van der Waals surface area contributed by atoms with Gasteiger partial charge in [-0.05, 0) is 18.2 Å². The smallest absolute Gasteiger partial charge is 0.404 e. The van der Waals surface area contributed by atoms with Gasteiger partial charge in [-0.1, -0.05) is 11.6 Å². The number of imidazole rings is 1. The standard InChI is InChI=1S/C11H8ClF3N2O2/c12-9-3-8(17-4-7(5-18)16-6-17)1-2-10(9)19-11(13,14)15/h1-4,6,18H,5H2. The van der Waals surface area contributed by atoms with Crippen LogP contribution in [0.5, 0.6) is 5.75 Å². The zero-order valence-electron chi connectivity index (χ0n) is 9.36. The van der Waals surface area contributed by atoms with E-state index < -0.39 is 12.1 Å². The van der Waals surface area contributed by atoms with Gasteiger partial charge >= 0.3 is 6.36 Å². The fourth-order valence-corrected chi connectivity index (χ4v) is 1.66. The molecule has 0 radical (unpaired) electrons. The molecule has 0 saturated heterocycles. The summed E-state index contributed by atoms with van der Waals surface area (Å²) in [6.07, 6.45) is -1.83. The molecule has 102 valence electrons. The van der Waals surface area contributed by atoms with E-state index in [-0.39, 0.29) is 11.6 Å². The van der Waals surface area contributed by atoms with Gasteiger partial charge < -0.3 is 14.4 Å². The van der Waals surface area contributed by atoms with Crippen LogP contribution in [0.2, 0.25) is 5.02 Å². The number of aliphatic hydroxyl groups excluding tert-OH is 1. The van der Waals surface area contributed by atoms with Crippen molar-refractivity contribution in [2.75, 3.05) is 0 Å². The summed E-state index contributed by atoms with van der Waals surface area (Å²) in [5.74, 6) is -0.472. The highest BCUT2D eigenvalue weighted by atomic mass is 35.5. The molecule has 1 heterocycles. The Balaban J connectivity index is 2.28. The molecule has 0 spiro atoms. The van der Waals surface area contributed by atoms with Gasteiger partial charge in [0.15, 0.2) is 0 Å². The van der Waals surface area contributed by atoms with Gasteiger partial charge in [-0.25, -0.2) is 4.98 Å². The molecule has 0 saturated carbocycles. The maximum Gasteiger partial charge on any atom is 0.573 e. The van der Waals surface area contributed by atoms with Gasteiger partial charge in [-0.15, -0.1) is 13.2 Å². The van der Waals surface area contributed by atoms with Crippen LogP contribution in [-0.2, 0) is 6.61 Å². The van der Waals surface area contributed by atoms with Crippen LogP contribution in [0, 0.1) is 0 Å². The van der Waals surface area contributed by atoms with Gasteiger partial charge in [-0.3, -0.25) is 0 Å². The SMILES string of the molecule is OCc1cn(-c2ccc(OC(F)(F)F)c(Cl)c2)cn1. The van der Waals surface area contributed by atoms with Crippen LogP contribution in [0.1, 0.15) is 5.69 Å². The lowest BCUT2D eigenvalue weighted by Crippen LogP contribution is -2.17. The molecule has 2 aromatic rings. The van der Waals surface area contributed by atoms with Gasteiger partial charge in [0.1, 0.15) is 5.75 Å². The second-order valence-electron chi connectivity index (χ2n) is 3.59. The van der Waals surface area contributed by atoms with E-state index in [1.807, 2.05) is 0 Å². The number of halogens is 4. The van der Waals surface area contributed by atoms with Crippen molar-refractivity contribution in [2.24, 2.45) is 0 Å². The molecule has 0 bridgehead atoms. The van der Waals surface area contributed by atoms with E-state index in [4.69, 9.17) is 16.7 Å². The molecule has 0 aliphatic carbocycles. The minimum atomic E-state index is -4.79. The van der Waals surface area contributed by atoms with Crippen molar-refractivity contribution in [2.45, 2.75) is 13.0 Å². The molecule has 1 aromatic carbocycles. The van der Waals surface area contributed by atoms with Crippen LogP contribution in [0.3, 0.4) is 0 Å². The molecular weight excluding hydrogens is 285 g/mol. The number of nitrogens with zero attached hydrogens (tertiary/aromatic N) is 2. The summed E-state index contributed by atoms with van der Waals surface area (Å²) in [6, 6.07) is 3.82. The molecule has 2 rings (SSSR count). The highest BCUT2D eigenvalue weighted by molar-refractivity contribution is 6.32. The Morgan fingerprint density at radius 3 is 2.63 bits per heavy atom. The number of alkyl halides is 3. The predicted octanol–water partition coefficient (Wildman–Crippen LogP) is 2.92. The van der Waals surface area contributed by atoms with Gasteiger partial charge in [0.05, 0.1) is 23.7 Å². The second kappa shape index (κ2) is 5.10. The lowest BCUT2D eigenvalue weighted by molar-refractivity contribution is -0.274. The van der Waals surface area contributed by atoms with E-state index >= 15 is 0 Å². The number of hydrogen-bond donors (Lipinski definition) is 1. The second-order valence-corrected chi connectivity index (χ2v) is 4.00. The van der Waals surface area contributed by atoms with Crippen molar-refractivity contribution in [1.29, 1.82) is 0 Å². The normalized spacial score (nSPS) is 11.6. The minimum Gasteiger partial charge on any atom is -0.404 e. The predicted molar refractivity (Wildman–Crippen MR) is 61.2 cm³/mol. The molecule has 0 aliphatic heterocycles. The third-order valence-corrected chi connectivity index (χ3v) is 2.53. The molecule has 0 aliphatic rings. The summed E-state index contributed by atoms with van der Waals surface area (Å²) in [5, 5.41) is 8.71. The summed E-state index contributed by atoms with van der Waals surface area (Å²) in [6.45, 7) is -0.226. The molecule has 4 nitrogen and oxygen atoms in total. The quantitative estimate of drug-likeness (QED) is 0.946. The number of benzene rings is 1. The number of hydrogen-bond acceptors (Lipinski definition) is 3. The summed E-state index contributed by atoms with van der Waals surface area (Å²) < 4.78 is 41.5. The van der Waals surface area contributed by atoms with Gasteiger partial charge in [0, 0.05) is 11.9 Å². The van der Waals surface area contributed by atoms with Crippen LogP contribution in [0.4, 0.5) is 13.2 Å². The van der Waals surface area contributed by atoms with E-state index in [0.29, 0.717) is 11.4 Å². The van der Waals surface area contributed by atoms with Crippen molar-refractivity contribution in [3.63, 3.8) is 0 Å². The molecule has 0 amide bonds. The third kappa shape index (κ3) is 3.39. The maximum absolute atomic E-state index is 12.1. The Hall–Kier alpha value is -1.73. The summed E-state index contributed by atoms with van der Waals surface area (Å²) in [4.78, 5) is 3.88. The molecule has 19 heavy (non-hydrogen) atoms. The Morgan fingerprint density at radius 1 is 1.37 bits per heavy atom. The van der Waals surface area contributed by atoms with Crippen molar-refractivity contribution in [3.05, 3.63) is 41.4 Å². The van der Waals surface area contributed by atoms with Crippen molar-refractivity contribution in [1.82, 2.24) is 9.55 Å². The third-order valence-electron chi connectivity index (χ3n) is 2.24.